The van der Waals surface area contributed by atoms with E-state index in [1.54, 1.807) is 0 Å². The van der Waals surface area contributed by atoms with Gasteiger partial charge in [0.25, 0.3) is 0 Å². The lowest BCUT2D eigenvalue weighted by atomic mass is 10.1. The maximum Gasteiger partial charge on any atom is 0.239 e. The van der Waals surface area contributed by atoms with Crippen molar-refractivity contribution in [3.63, 3.8) is 0 Å². The Bertz CT molecular complexity index is 257. The van der Waals surface area contributed by atoms with E-state index in [-0.39, 0.29) is 11.9 Å². The van der Waals surface area contributed by atoms with Crippen LogP contribution in [0.4, 0.5) is 0 Å². The molecule has 0 aromatic rings. The summed E-state index contributed by atoms with van der Waals surface area (Å²) in [6.45, 7) is 6.09. The fourth-order valence-corrected chi connectivity index (χ4v) is 2.86. The van der Waals surface area contributed by atoms with E-state index in [1.165, 1.54) is 19.4 Å². The second kappa shape index (κ2) is 5.15. The smallest absolute Gasteiger partial charge is 0.239 e. The van der Waals surface area contributed by atoms with Crippen molar-refractivity contribution in [2.24, 2.45) is 5.73 Å². The number of amides is 1. The summed E-state index contributed by atoms with van der Waals surface area (Å²) in [5.74, 6) is 0.161. The molecule has 0 aliphatic carbocycles. The van der Waals surface area contributed by atoms with Gasteiger partial charge in [0, 0.05) is 25.7 Å². The molecule has 0 saturated carbocycles. The highest BCUT2D eigenvalue weighted by Gasteiger charge is 2.33. The van der Waals surface area contributed by atoms with Gasteiger partial charge in [-0.3, -0.25) is 9.69 Å². The third kappa shape index (κ3) is 2.38. The summed E-state index contributed by atoms with van der Waals surface area (Å²) < 4.78 is 0. The lowest BCUT2D eigenvalue weighted by molar-refractivity contribution is -0.135. The Kier molecular flexibility index (Phi) is 3.82. The molecule has 2 aliphatic rings. The molecule has 2 saturated heterocycles. The SMILES string of the molecule is CCC[C@H](N)C(=O)N1CCN2CCCC2C1. The molecule has 2 rings (SSSR count). The first-order valence-corrected chi connectivity index (χ1v) is 6.50. The molecule has 1 unspecified atom stereocenters. The Morgan fingerprint density at radius 1 is 1.44 bits per heavy atom. The molecule has 4 nitrogen and oxygen atoms in total. The summed E-state index contributed by atoms with van der Waals surface area (Å²) >= 11 is 0. The highest BCUT2D eigenvalue weighted by molar-refractivity contribution is 5.81. The van der Waals surface area contributed by atoms with Crippen LogP contribution in [0.2, 0.25) is 0 Å². The number of carbonyl (C=O) groups excluding carboxylic acids is 1. The van der Waals surface area contributed by atoms with Gasteiger partial charge in [-0.1, -0.05) is 13.3 Å². The van der Waals surface area contributed by atoms with E-state index in [4.69, 9.17) is 5.73 Å². The Morgan fingerprint density at radius 2 is 2.25 bits per heavy atom. The molecule has 92 valence electrons. The first-order valence-electron chi connectivity index (χ1n) is 6.50. The van der Waals surface area contributed by atoms with Crippen molar-refractivity contribution in [1.82, 2.24) is 9.80 Å². The zero-order chi connectivity index (χ0) is 11.5. The number of fused-ring (bicyclic) bond motifs is 1. The Labute approximate surface area is 97.8 Å². The number of nitrogens with zero attached hydrogens (tertiary/aromatic N) is 2. The molecule has 0 radical (unpaired) electrons. The Morgan fingerprint density at radius 3 is 3.00 bits per heavy atom. The number of piperazine rings is 1. The monoisotopic (exact) mass is 225 g/mol. The van der Waals surface area contributed by atoms with E-state index in [0.717, 1.165) is 32.5 Å². The normalized spacial score (nSPS) is 27.9. The molecule has 16 heavy (non-hydrogen) atoms. The highest BCUT2D eigenvalue weighted by Crippen LogP contribution is 2.21. The third-order valence-electron chi connectivity index (χ3n) is 3.82. The summed E-state index contributed by atoms with van der Waals surface area (Å²) in [7, 11) is 0. The fourth-order valence-electron chi connectivity index (χ4n) is 2.86. The number of hydrogen-bond acceptors (Lipinski definition) is 3. The average Bonchev–Trinajstić information content (AvgIpc) is 2.75. The minimum Gasteiger partial charge on any atom is -0.338 e. The summed E-state index contributed by atoms with van der Waals surface area (Å²) in [4.78, 5) is 16.5. The minimum absolute atomic E-state index is 0.161. The maximum absolute atomic E-state index is 12.1. The molecule has 2 heterocycles. The predicted molar refractivity (Wildman–Crippen MR) is 64.1 cm³/mol. The summed E-state index contributed by atoms with van der Waals surface area (Å²) in [5, 5.41) is 0. The zero-order valence-corrected chi connectivity index (χ0v) is 10.2. The number of hydrogen-bond donors (Lipinski definition) is 1. The van der Waals surface area contributed by atoms with Crippen LogP contribution < -0.4 is 5.73 Å². The molecule has 4 heteroatoms. The first kappa shape index (κ1) is 11.9. The highest BCUT2D eigenvalue weighted by atomic mass is 16.2. The maximum atomic E-state index is 12.1. The molecule has 0 spiro atoms. The molecule has 2 aliphatic heterocycles. The van der Waals surface area contributed by atoms with Crippen molar-refractivity contribution < 1.29 is 4.79 Å². The molecule has 0 bridgehead atoms. The van der Waals surface area contributed by atoms with Gasteiger partial charge in [-0.15, -0.1) is 0 Å². The standard InChI is InChI=1S/C12H23N3O/c1-2-4-11(13)12(16)15-8-7-14-6-3-5-10(14)9-15/h10-11H,2-9,13H2,1H3/t10?,11-/m0/s1. The quantitative estimate of drug-likeness (QED) is 0.757. The Balaban J connectivity index is 1.88. The van der Waals surface area contributed by atoms with Crippen LogP contribution in [0.25, 0.3) is 0 Å². The molecular formula is C12H23N3O. The largest absolute Gasteiger partial charge is 0.338 e. The molecule has 0 aromatic heterocycles. The van der Waals surface area contributed by atoms with Gasteiger partial charge in [0.15, 0.2) is 0 Å². The van der Waals surface area contributed by atoms with E-state index in [9.17, 15) is 4.79 Å². The van der Waals surface area contributed by atoms with Crippen molar-refractivity contribution in [3.05, 3.63) is 0 Å². The second-order valence-electron chi connectivity index (χ2n) is 5.01. The summed E-state index contributed by atoms with van der Waals surface area (Å²) in [5.41, 5.74) is 5.89. The molecule has 1 amide bonds. The van der Waals surface area contributed by atoms with Gasteiger partial charge in [-0.25, -0.2) is 0 Å². The van der Waals surface area contributed by atoms with Gasteiger partial charge in [0.2, 0.25) is 5.91 Å². The molecule has 2 atom stereocenters. The lowest BCUT2D eigenvalue weighted by Gasteiger charge is -2.38. The number of nitrogens with two attached hydrogens (primary N) is 1. The van der Waals surface area contributed by atoms with Gasteiger partial charge < -0.3 is 10.6 Å². The van der Waals surface area contributed by atoms with Crippen LogP contribution in [0.15, 0.2) is 0 Å². The number of carbonyl (C=O) groups is 1. The molecule has 2 N–H and O–H groups in total. The second-order valence-corrected chi connectivity index (χ2v) is 5.01. The van der Waals surface area contributed by atoms with Crippen LogP contribution in [0.1, 0.15) is 32.6 Å². The van der Waals surface area contributed by atoms with Gasteiger partial charge in [0.1, 0.15) is 0 Å². The van der Waals surface area contributed by atoms with Crippen LogP contribution in [0, 0.1) is 0 Å². The van der Waals surface area contributed by atoms with E-state index < -0.39 is 0 Å². The van der Waals surface area contributed by atoms with Crippen LogP contribution in [0.3, 0.4) is 0 Å². The molecular weight excluding hydrogens is 202 g/mol. The molecule has 2 fully saturated rings. The van der Waals surface area contributed by atoms with Crippen molar-refractivity contribution in [3.8, 4) is 0 Å². The van der Waals surface area contributed by atoms with Crippen molar-refractivity contribution >= 4 is 5.91 Å². The lowest BCUT2D eigenvalue weighted by Crippen LogP contribution is -2.55. The topological polar surface area (TPSA) is 49.6 Å². The van der Waals surface area contributed by atoms with Gasteiger partial charge in [-0.2, -0.15) is 0 Å². The van der Waals surface area contributed by atoms with Gasteiger partial charge in [0.05, 0.1) is 6.04 Å². The Hall–Kier alpha value is -0.610. The summed E-state index contributed by atoms with van der Waals surface area (Å²) in [6, 6.07) is 0.324. The van der Waals surface area contributed by atoms with E-state index in [0.29, 0.717) is 6.04 Å². The van der Waals surface area contributed by atoms with Crippen LogP contribution in [-0.4, -0.2) is 54.0 Å². The zero-order valence-electron chi connectivity index (χ0n) is 10.2. The predicted octanol–water partition coefficient (Wildman–Crippen LogP) is 0.420. The third-order valence-corrected chi connectivity index (χ3v) is 3.82. The average molecular weight is 225 g/mol. The van der Waals surface area contributed by atoms with Crippen LogP contribution in [0.5, 0.6) is 0 Å². The van der Waals surface area contributed by atoms with E-state index >= 15 is 0 Å². The van der Waals surface area contributed by atoms with Crippen molar-refractivity contribution in [1.29, 1.82) is 0 Å². The number of rotatable bonds is 3. The summed E-state index contributed by atoms with van der Waals surface area (Å²) in [6.07, 6.45) is 4.32. The first-order chi connectivity index (χ1) is 7.72. The fraction of sp³-hybridized carbons (Fsp3) is 0.917. The van der Waals surface area contributed by atoms with Crippen molar-refractivity contribution in [2.45, 2.75) is 44.7 Å². The van der Waals surface area contributed by atoms with Gasteiger partial charge >= 0.3 is 0 Å². The van der Waals surface area contributed by atoms with Crippen molar-refractivity contribution in [2.75, 3.05) is 26.2 Å². The van der Waals surface area contributed by atoms with Crippen LogP contribution >= 0.6 is 0 Å². The van der Waals surface area contributed by atoms with E-state index in [1.807, 2.05) is 4.90 Å². The molecule has 0 aromatic carbocycles. The van der Waals surface area contributed by atoms with Crippen LogP contribution in [-0.2, 0) is 4.79 Å². The van der Waals surface area contributed by atoms with Gasteiger partial charge in [-0.05, 0) is 25.8 Å². The van der Waals surface area contributed by atoms with E-state index in [2.05, 4.69) is 11.8 Å². The minimum atomic E-state index is -0.280.